The topological polar surface area (TPSA) is 69.2 Å². The Morgan fingerprint density at radius 2 is 2.00 bits per heavy atom. The lowest BCUT2D eigenvalue weighted by Crippen LogP contribution is -2.18. The minimum atomic E-state index is -0.244. The molecule has 1 unspecified atom stereocenters. The number of amides is 1. The van der Waals surface area contributed by atoms with Crippen LogP contribution in [0.3, 0.4) is 0 Å². The van der Waals surface area contributed by atoms with Crippen LogP contribution in [0.15, 0.2) is 47.6 Å². The summed E-state index contributed by atoms with van der Waals surface area (Å²) in [6.07, 6.45) is 4.64. The first-order valence-electron chi connectivity index (χ1n) is 9.60. The van der Waals surface area contributed by atoms with Crippen LogP contribution < -0.4 is 19.6 Å². The number of ether oxygens (including phenoxy) is 3. The lowest BCUT2D eigenvalue weighted by atomic mass is 10.0. The number of nitrogens with zero attached hydrogens (tertiary/aromatic N) is 1. The van der Waals surface area contributed by atoms with Crippen molar-refractivity contribution in [2.24, 2.45) is 11.0 Å². The average molecular weight is 382 g/mol. The van der Waals surface area contributed by atoms with E-state index in [1.54, 1.807) is 30.5 Å². The lowest BCUT2D eigenvalue weighted by molar-refractivity contribution is 0.0955. The van der Waals surface area contributed by atoms with Gasteiger partial charge >= 0.3 is 0 Å². The predicted molar refractivity (Wildman–Crippen MR) is 108 cm³/mol. The van der Waals surface area contributed by atoms with E-state index in [9.17, 15) is 4.79 Å². The minimum Gasteiger partial charge on any atom is -0.494 e. The van der Waals surface area contributed by atoms with Crippen LogP contribution in [0.4, 0.5) is 0 Å². The smallest absolute Gasteiger partial charge is 0.271 e. The van der Waals surface area contributed by atoms with Crippen molar-refractivity contribution in [2.45, 2.75) is 33.1 Å². The zero-order valence-corrected chi connectivity index (χ0v) is 16.3. The molecule has 3 rings (SSSR count). The molecule has 6 nitrogen and oxygen atoms in total. The van der Waals surface area contributed by atoms with Crippen LogP contribution in [-0.4, -0.2) is 25.5 Å². The highest BCUT2D eigenvalue weighted by molar-refractivity contribution is 5.94. The van der Waals surface area contributed by atoms with Gasteiger partial charge in [0.25, 0.3) is 5.91 Å². The largest absolute Gasteiger partial charge is 0.494 e. The zero-order chi connectivity index (χ0) is 19.8. The maximum atomic E-state index is 12.2. The summed E-state index contributed by atoms with van der Waals surface area (Å²) in [6, 6.07) is 13.0. The second kappa shape index (κ2) is 9.78. The van der Waals surface area contributed by atoms with Crippen molar-refractivity contribution in [1.29, 1.82) is 0 Å². The van der Waals surface area contributed by atoms with Gasteiger partial charge in [-0.1, -0.05) is 26.3 Å². The van der Waals surface area contributed by atoms with Gasteiger partial charge in [0.05, 0.1) is 6.61 Å². The van der Waals surface area contributed by atoms with Crippen molar-refractivity contribution in [3.63, 3.8) is 0 Å². The Bertz CT molecular complexity index is 818. The summed E-state index contributed by atoms with van der Waals surface area (Å²) in [5.41, 5.74) is 4.25. The molecule has 0 bridgehead atoms. The van der Waals surface area contributed by atoms with Crippen LogP contribution >= 0.6 is 0 Å². The molecule has 148 valence electrons. The van der Waals surface area contributed by atoms with Gasteiger partial charge in [-0.15, -0.1) is 0 Å². The molecule has 28 heavy (non-hydrogen) atoms. The molecule has 0 aliphatic carbocycles. The van der Waals surface area contributed by atoms with Crippen LogP contribution in [0.25, 0.3) is 0 Å². The second-order valence-electron chi connectivity index (χ2n) is 6.81. The molecule has 0 saturated carbocycles. The monoisotopic (exact) mass is 382 g/mol. The number of unbranched alkanes of at least 4 members (excludes halogenated alkanes) is 1. The Hall–Kier alpha value is -3.02. The van der Waals surface area contributed by atoms with E-state index >= 15 is 0 Å². The molecule has 0 spiro atoms. The summed E-state index contributed by atoms with van der Waals surface area (Å²) in [6.45, 7) is 5.12. The van der Waals surface area contributed by atoms with Gasteiger partial charge in [-0.2, -0.15) is 5.10 Å². The highest BCUT2D eigenvalue weighted by Crippen LogP contribution is 2.32. The lowest BCUT2D eigenvalue weighted by Gasteiger charge is -2.07. The number of fused-ring (bicyclic) bond motifs is 1. The van der Waals surface area contributed by atoms with Gasteiger partial charge in [0, 0.05) is 11.8 Å². The Morgan fingerprint density at radius 1 is 1.21 bits per heavy atom. The van der Waals surface area contributed by atoms with Crippen molar-refractivity contribution in [2.75, 3.05) is 13.4 Å². The van der Waals surface area contributed by atoms with Crippen molar-refractivity contribution >= 4 is 12.1 Å². The second-order valence-corrected chi connectivity index (χ2v) is 6.81. The highest BCUT2D eigenvalue weighted by Gasteiger charge is 2.14. The number of hydrogen-bond acceptors (Lipinski definition) is 5. The fraction of sp³-hybridized carbons (Fsp3) is 0.364. The van der Waals surface area contributed by atoms with Gasteiger partial charge < -0.3 is 14.2 Å². The van der Waals surface area contributed by atoms with E-state index in [2.05, 4.69) is 17.5 Å². The summed E-state index contributed by atoms with van der Waals surface area (Å²) in [7, 11) is 0. The summed E-state index contributed by atoms with van der Waals surface area (Å²) in [5.74, 6) is 2.24. The molecule has 0 radical (unpaired) electrons. The molecule has 2 aromatic rings. The van der Waals surface area contributed by atoms with Gasteiger partial charge in [0.15, 0.2) is 11.5 Å². The molecule has 2 aromatic carbocycles. The summed E-state index contributed by atoms with van der Waals surface area (Å²) >= 11 is 0. The predicted octanol–water partition coefficient (Wildman–Crippen LogP) is 4.19. The molecule has 0 aromatic heterocycles. The quantitative estimate of drug-likeness (QED) is 0.401. The van der Waals surface area contributed by atoms with Gasteiger partial charge in [-0.25, -0.2) is 5.43 Å². The van der Waals surface area contributed by atoms with Gasteiger partial charge in [0.1, 0.15) is 5.75 Å². The van der Waals surface area contributed by atoms with Crippen LogP contribution in [0, 0.1) is 5.92 Å². The maximum absolute atomic E-state index is 12.2. The third-order valence-electron chi connectivity index (χ3n) is 4.37. The Kier molecular flexibility index (Phi) is 6.89. The van der Waals surface area contributed by atoms with Gasteiger partial charge in [0.2, 0.25) is 6.79 Å². The number of hydrogen-bond donors (Lipinski definition) is 1. The molecular weight excluding hydrogens is 356 g/mol. The van der Waals surface area contributed by atoms with Crippen molar-refractivity contribution in [3.8, 4) is 17.2 Å². The molecule has 1 aliphatic rings. The van der Waals surface area contributed by atoms with E-state index in [0.717, 1.165) is 42.1 Å². The normalized spacial score (nSPS) is 13.5. The van der Waals surface area contributed by atoms with E-state index < -0.39 is 0 Å². The van der Waals surface area contributed by atoms with Crippen molar-refractivity contribution < 1.29 is 19.0 Å². The fourth-order valence-electron chi connectivity index (χ4n) is 2.82. The molecule has 1 atom stereocenters. The van der Waals surface area contributed by atoms with Gasteiger partial charge in [-0.05, 0) is 60.7 Å². The minimum absolute atomic E-state index is 0.162. The van der Waals surface area contributed by atoms with Crippen LogP contribution in [0.2, 0.25) is 0 Å². The SMILES string of the molecule is CCCCOc1ccc(C(=O)N/N=C/C(C)Cc2ccc3c(c2)OCO3)cc1. The molecule has 0 fully saturated rings. The summed E-state index contributed by atoms with van der Waals surface area (Å²) < 4.78 is 16.3. The standard InChI is InChI=1S/C22H26N2O4/c1-3-4-11-26-19-8-6-18(7-9-19)22(25)24-23-14-16(2)12-17-5-10-20-21(13-17)28-15-27-20/h5-10,13-14,16H,3-4,11-12,15H2,1-2H3,(H,24,25)/b23-14+. The van der Waals surface area contributed by atoms with Gasteiger partial charge in [-0.3, -0.25) is 4.79 Å². The molecule has 1 aliphatic heterocycles. The Labute approximate surface area is 165 Å². The highest BCUT2D eigenvalue weighted by atomic mass is 16.7. The van der Waals surface area contributed by atoms with Crippen LogP contribution in [-0.2, 0) is 6.42 Å². The number of rotatable bonds is 9. The third kappa shape index (κ3) is 5.49. The van der Waals surface area contributed by atoms with Crippen molar-refractivity contribution in [1.82, 2.24) is 5.43 Å². The van der Waals surface area contributed by atoms with E-state index in [4.69, 9.17) is 14.2 Å². The molecular formula is C22H26N2O4. The Morgan fingerprint density at radius 3 is 2.79 bits per heavy atom. The molecule has 1 heterocycles. The first-order chi connectivity index (χ1) is 13.7. The van der Waals surface area contributed by atoms with Crippen LogP contribution in [0.1, 0.15) is 42.6 Å². The summed E-state index contributed by atoms with van der Waals surface area (Å²) in [5, 5.41) is 4.09. The number of carbonyl (C=O) groups is 1. The Balaban J connectivity index is 1.46. The maximum Gasteiger partial charge on any atom is 0.271 e. The first-order valence-corrected chi connectivity index (χ1v) is 9.60. The number of benzene rings is 2. The van der Waals surface area contributed by atoms with Crippen molar-refractivity contribution in [3.05, 3.63) is 53.6 Å². The fourth-order valence-corrected chi connectivity index (χ4v) is 2.82. The van der Waals surface area contributed by atoms with E-state index in [0.29, 0.717) is 12.2 Å². The molecule has 1 amide bonds. The molecule has 0 saturated heterocycles. The molecule has 6 heteroatoms. The van der Waals surface area contributed by atoms with Crippen LogP contribution in [0.5, 0.6) is 17.2 Å². The third-order valence-corrected chi connectivity index (χ3v) is 4.37. The number of carbonyl (C=O) groups excluding carboxylic acids is 1. The zero-order valence-electron chi connectivity index (χ0n) is 16.3. The van der Waals surface area contributed by atoms with E-state index in [1.165, 1.54) is 0 Å². The molecule has 1 N–H and O–H groups in total. The first kappa shape index (κ1) is 19.7. The van der Waals surface area contributed by atoms with E-state index in [1.807, 2.05) is 25.1 Å². The summed E-state index contributed by atoms with van der Waals surface area (Å²) in [4.78, 5) is 12.2. The van der Waals surface area contributed by atoms with E-state index in [-0.39, 0.29) is 18.6 Å². The number of nitrogens with one attached hydrogen (secondary N) is 1. The number of hydrazone groups is 1. The average Bonchev–Trinajstić information content (AvgIpc) is 3.16.